The number of rotatable bonds is 4. The maximum absolute atomic E-state index is 9.51. The Labute approximate surface area is 348 Å². The van der Waals surface area contributed by atoms with Gasteiger partial charge in [0, 0.05) is 0 Å². The van der Waals surface area contributed by atoms with E-state index in [0.717, 1.165) is 54.6 Å². The van der Waals surface area contributed by atoms with Gasteiger partial charge in [-0.25, -0.2) is 0 Å². The molecule has 0 N–H and O–H groups in total. The fourth-order valence-electron chi connectivity index (χ4n) is 9.25. The summed E-state index contributed by atoms with van der Waals surface area (Å²) in [6.07, 6.45) is 0. The topological polar surface area (TPSA) is 0 Å². The number of hydrogen-bond donors (Lipinski definition) is 0. The van der Waals surface area contributed by atoms with E-state index < -0.39 is 24.2 Å². The standard InChI is InChI=1S/C58H36/c1-2-15-40-34-42(33-28-37(40)14-1)41-16-13-17-43(35-41)57-52-26-11-9-24-50(52)56(51-25-10-12-27-53(51)57)39-31-29-38(30-32-39)54-36-55-46-20-4-3-18-44(46)45-19-5-7-22-48(45)58(55)49-23-8-6-21-47(49)54/h1-36H/i9D,10D,11D,12D,24D,25D,26D,27D. The zero-order chi connectivity index (χ0) is 45.1. The molecule has 0 bridgehead atoms. The van der Waals surface area contributed by atoms with Crippen LogP contribution < -0.4 is 0 Å². The quantitative estimate of drug-likeness (QED) is 0.124. The van der Waals surface area contributed by atoms with Crippen LogP contribution in [0.5, 0.6) is 0 Å². The Bertz CT molecular complexity index is 4000. The van der Waals surface area contributed by atoms with Crippen LogP contribution in [0.25, 0.3) is 120 Å². The van der Waals surface area contributed by atoms with Crippen LogP contribution in [0.4, 0.5) is 0 Å². The van der Waals surface area contributed by atoms with E-state index in [1.165, 1.54) is 21.5 Å². The molecule has 0 heterocycles. The minimum Gasteiger partial charge on any atom is -0.0616 e. The van der Waals surface area contributed by atoms with Gasteiger partial charge < -0.3 is 0 Å². The first-order chi connectivity index (χ1) is 32.1. The van der Waals surface area contributed by atoms with Crippen molar-refractivity contribution in [3.8, 4) is 44.5 Å². The fourth-order valence-corrected chi connectivity index (χ4v) is 9.25. The van der Waals surface area contributed by atoms with Crippen molar-refractivity contribution in [1.29, 1.82) is 0 Å². The number of fused-ring (bicyclic) bond motifs is 11. The molecule has 0 amide bonds. The monoisotopic (exact) mass is 740 g/mol. The van der Waals surface area contributed by atoms with E-state index in [1.807, 2.05) is 72.8 Å². The molecule has 0 aliphatic heterocycles. The summed E-state index contributed by atoms with van der Waals surface area (Å²) in [5.41, 5.74) is 5.50. The molecule has 0 nitrogen and oxygen atoms in total. The summed E-state index contributed by atoms with van der Waals surface area (Å²) in [5, 5.41) is 12.1. The predicted molar refractivity (Wildman–Crippen MR) is 251 cm³/mol. The van der Waals surface area contributed by atoms with Gasteiger partial charge in [-0.05, 0) is 138 Å². The first-order valence-corrected chi connectivity index (χ1v) is 19.5. The van der Waals surface area contributed by atoms with E-state index in [9.17, 15) is 5.48 Å². The highest BCUT2D eigenvalue weighted by Crippen LogP contribution is 2.46. The summed E-state index contributed by atoms with van der Waals surface area (Å²) in [4.78, 5) is 0. The normalized spacial score (nSPS) is 13.7. The van der Waals surface area contributed by atoms with Crippen molar-refractivity contribution < 1.29 is 11.0 Å². The third-order valence-electron chi connectivity index (χ3n) is 11.8. The maximum Gasteiger partial charge on any atom is 0.0629 e. The minimum atomic E-state index is -0.427. The van der Waals surface area contributed by atoms with Crippen LogP contribution in [0.1, 0.15) is 11.0 Å². The predicted octanol–water partition coefficient (Wildman–Crippen LogP) is 16.4. The Morgan fingerprint density at radius 3 is 1.36 bits per heavy atom. The first-order valence-electron chi connectivity index (χ1n) is 23.5. The first kappa shape index (κ1) is 25.6. The highest BCUT2D eigenvalue weighted by atomic mass is 14.2. The summed E-state index contributed by atoms with van der Waals surface area (Å²) in [6.45, 7) is 0. The van der Waals surface area contributed by atoms with Gasteiger partial charge in [-0.15, -0.1) is 0 Å². The van der Waals surface area contributed by atoms with Crippen molar-refractivity contribution in [3.05, 3.63) is 218 Å². The van der Waals surface area contributed by atoms with Gasteiger partial charge in [0.25, 0.3) is 0 Å². The Morgan fingerprint density at radius 2 is 0.707 bits per heavy atom. The molecule has 0 fully saturated rings. The second-order valence-corrected chi connectivity index (χ2v) is 15.0. The summed E-state index contributed by atoms with van der Waals surface area (Å²) >= 11 is 0. The van der Waals surface area contributed by atoms with Crippen LogP contribution in [0, 0.1) is 0 Å². The minimum absolute atomic E-state index is 0.187. The molecule has 0 aliphatic rings. The molecule has 268 valence electrons. The fraction of sp³-hybridized carbons (Fsp3) is 0. The van der Waals surface area contributed by atoms with Crippen LogP contribution in [0.2, 0.25) is 0 Å². The smallest absolute Gasteiger partial charge is 0.0616 e. The van der Waals surface area contributed by atoms with Crippen molar-refractivity contribution in [3.63, 3.8) is 0 Å². The lowest BCUT2D eigenvalue weighted by Gasteiger charge is -2.19. The lowest BCUT2D eigenvalue weighted by molar-refractivity contribution is 1.62. The van der Waals surface area contributed by atoms with Crippen molar-refractivity contribution in [2.24, 2.45) is 0 Å². The molecule has 58 heavy (non-hydrogen) atoms. The largest absolute Gasteiger partial charge is 0.0629 e. The highest BCUT2D eigenvalue weighted by molar-refractivity contribution is 6.33. The van der Waals surface area contributed by atoms with Crippen molar-refractivity contribution >= 4 is 75.4 Å². The molecule has 0 aliphatic carbocycles. The van der Waals surface area contributed by atoms with Crippen molar-refractivity contribution in [1.82, 2.24) is 0 Å². The lowest BCUT2D eigenvalue weighted by Crippen LogP contribution is -1.92. The summed E-state index contributed by atoms with van der Waals surface area (Å²) in [5.74, 6) is 0. The molecule has 12 rings (SSSR count). The molecule has 0 heteroatoms. The van der Waals surface area contributed by atoms with Gasteiger partial charge in [0.2, 0.25) is 0 Å². The van der Waals surface area contributed by atoms with Crippen LogP contribution in [0.3, 0.4) is 0 Å². The average molecular weight is 741 g/mol. The number of hydrogen-bond acceptors (Lipinski definition) is 0. The van der Waals surface area contributed by atoms with E-state index in [1.54, 1.807) is 0 Å². The van der Waals surface area contributed by atoms with E-state index in [4.69, 9.17) is 5.48 Å². The molecule has 0 atom stereocenters. The highest BCUT2D eigenvalue weighted by Gasteiger charge is 2.19. The maximum atomic E-state index is 9.51. The summed E-state index contributed by atoms with van der Waals surface area (Å²) in [7, 11) is 0. The molecule has 0 radical (unpaired) electrons. The molecule has 0 spiro atoms. The van der Waals surface area contributed by atoms with Gasteiger partial charge in [-0.3, -0.25) is 0 Å². The molecule has 0 aromatic heterocycles. The Balaban J connectivity index is 1.14. The van der Waals surface area contributed by atoms with Gasteiger partial charge in [-0.1, -0.05) is 200 Å². The molecular formula is C58H36. The summed E-state index contributed by atoms with van der Waals surface area (Å²) < 4.78 is 73.8. The zero-order valence-corrected chi connectivity index (χ0v) is 31.2. The molecule has 12 aromatic rings. The molecule has 0 unspecified atom stereocenters. The zero-order valence-electron chi connectivity index (χ0n) is 39.2. The molecular weight excluding hydrogens is 697 g/mol. The second-order valence-electron chi connectivity index (χ2n) is 15.0. The number of benzene rings is 12. The van der Waals surface area contributed by atoms with Gasteiger partial charge in [0.1, 0.15) is 0 Å². The van der Waals surface area contributed by atoms with E-state index in [2.05, 4.69) is 97.1 Å². The van der Waals surface area contributed by atoms with Gasteiger partial charge in [0.05, 0.1) is 11.0 Å². The van der Waals surface area contributed by atoms with Crippen LogP contribution in [0.15, 0.2) is 218 Å². The van der Waals surface area contributed by atoms with Gasteiger partial charge in [0.15, 0.2) is 0 Å². The van der Waals surface area contributed by atoms with Crippen LogP contribution in [-0.4, -0.2) is 0 Å². The lowest BCUT2D eigenvalue weighted by atomic mass is 9.84. The Hall–Kier alpha value is -7.54. The SMILES string of the molecule is [2H]c1c([2H])c([2H])c2c(-c3cccc(-c4ccc5ccccc5c4)c3)c3c([2H])c([2H])c([2H])c([2H])c3c(-c3ccc(-c4cc5c6ccccc6c6ccccc6c5c5ccccc45)cc3)c2c1[2H]. The van der Waals surface area contributed by atoms with E-state index in [0.29, 0.717) is 22.3 Å². The average Bonchev–Trinajstić information content (AvgIpc) is 3.37. The Kier molecular flexibility index (Phi) is 5.74. The van der Waals surface area contributed by atoms with Crippen molar-refractivity contribution in [2.75, 3.05) is 0 Å². The third kappa shape index (κ3) is 5.02. The van der Waals surface area contributed by atoms with E-state index >= 15 is 0 Å². The van der Waals surface area contributed by atoms with Crippen molar-refractivity contribution in [2.45, 2.75) is 0 Å². The molecule has 12 aromatic carbocycles. The van der Waals surface area contributed by atoms with Crippen LogP contribution >= 0.6 is 0 Å². The third-order valence-corrected chi connectivity index (χ3v) is 11.8. The van der Waals surface area contributed by atoms with Gasteiger partial charge >= 0.3 is 0 Å². The van der Waals surface area contributed by atoms with E-state index in [-0.39, 0.29) is 45.7 Å². The van der Waals surface area contributed by atoms with Crippen LogP contribution in [-0.2, 0) is 0 Å². The molecule has 0 saturated carbocycles. The second kappa shape index (κ2) is 13.0. The summed E-state index contributed by atoms with van der Waals surface area (Å²) in [6, 6.07) is 54.6. The Morgan fingerprint density at radius 1 is 0.259 bits per heavy atom. The molecule has 0 saturated heterocycles. The van der Waals surface area contributed by atoms with Gasteiger partial charge in [-0.2, -0.15) is 0 Å².